The Bertz CT molecular complexity index is 1680. The summed E-state index contributed by atoms with van der Waals surface area (Å²) in [6.45, 7) is 8.25. The van der Waals surface area contributed by atoms with E-state index in [0.717, 1.165) is 41.8 Å². The number of benzene rings is 1. The third-order valence-corrected chi connectivity index (χ3v) is 11.0. The molecule has 0 aliphatic carbocycles. The molecule has 0 spiro atoms. The number of piperazine rings is 1. The summed E-state index contributed by atoms with van der Waals surface area (Å²) in [5.74, 6) is -1.44. The van der Waals surface area contributed by atoms with E-state index in [4.69, 9.17) is 20.8 Å². The van der Waals surface area contributed by atoms with Crippen molar-refractivity contribution in [1.29, 1.82) is 0 Å². The minimum Gasteiger partial charge on any atom is -0.459 e. The quantitative estimate of drug-likeness (QED) is 0.375. The van der Waals surface area contributed by atoms with E-state index in [0.29, 0.717) is 70.3 Å². The molecule has 7 rings (SSSR count). The molecule has 0 saturated carbocycles. The molecule has 4 aliphatic rings. The second kappa shape index (κ2) is 13.6. The Balaban J connectivity index is 1.15. The van der Waals surface area contributed by atoms with Crippen molar-refractivity contribution in [2.45, 2.75) is 38.1 Å². The molecule has 1 aromatic carbocycles. The lowest BCUT2D eigenvalue weighted by atomic mass is 9.65. The van der Waals surface area contributed by atoms with Crippen LogP contribution in [0.1, 0.15) is 48.0 Å². The van der Waals surface area contributed by atoms with Crippen molar-refractivity contribution in [3.05, 3.63) is 58.6 Å². The Morgan fingerprint density at radius 1 is 1.04 bits per heavy atom. The third-order valence-electron chi connectivity index (χ3n) is 10.8. The monoisotopic (exact) mass is 678 g/mol. The number of H-pyrrole nitrogens is 1. The largest absolute Gasteiger partial charge is 0.459 e. The Labute approximate surface area is 284 Å². The molecule has 4 amide bonds. The fraction of sp³-hybridized carbons (Fsp3) is 0.543. The van der Waals surface area contributed by atoms with Crippen molar-refractivity contribution in [3.63, 3.8) is 0 Å². The lowest BCUT2D eigenvalue weighted by molar-refractivity contribution is -0.167. The van der Waals surface area contributed by atoms with Crippen LogP contribution in [-0.4, -0.2) is 120 Å². The van der Waals surface area contributed by atoms with Crippen molar-refractivity contribution >= 4 is 46.1 Å². The third kappa shape index (κ3) is 5.88. The van der Waals surface area contributed by atoms with Gasteiger partial charge in [0, 0.05) is 92.9 Å². The maximum atomic E-state index is 14.8. The lowest BCUT2D eigenvalue weighted by Crippen LogP contribution is -2.66. The van der Waals surface area contributed by atoms with Gasteiger partial charge < -0.3 is 34.2 Å². The predicted molar refractivity (Wildman–Crippen MR) is 178 cm³/mol. The predicted octanol–water partition coefficient (Wildman–Crippen LogP) is 2.86. The molecule has 0 bridgehead atoms. The number of furan rings is 1. The maximum absolute atomic E-state index is 14.8. The molecule has 3 atom stereocenters. The molecule has 2 aromatic heterocycles. The Morgan fingerprint density at radius 3 is 2.54 bits per heavy atom. The van der Waals surface area contributed by atoms with E-state index in [1.165, 1.54) is 6.26 Å². The highest BCUT2D eigenvalue weighted by atomic mass is 35.5. The van der Waals surface area contributed by atoms with Gasteiger partial charge in [-0.1, -0.05) is 18.5 Å². The summed E-state index contributed by atoms with van der Waals surface area (Å²) >= 11 is 6.42. The van der Waals surface area contributed by atoms with Crippen LogP contribution in [0.25, 0.3) is 10.9 Å². The number of piperidine rings is 1. The minimum atomic E-state index is -0.905. The molecule has 0 unspecified atom stereocenters. The van der Waals surface area contributed by atoms with Crippen LogP contribution in [0.3, 0.4) is 0 Å². The SMILES string of the molecule is CC[C@]12c3[nH]c4ccc(Cl)cc4c3CCN1C(=O)[C@@H](CC(=O)NCCN1CCOCC1)C[C@@H]2C(=O)N1CCN(C(=O)c2ccco2)CC1. The van der Waals surface area contributed by atoms with Crippen molar-refractivity contribution in [2.75, 3.05) is 72.1 Å². The number of nitrogens with one attached hydrogen (secondary N) is 2. The van der Waals surface area contributed by atoms with Crippen LogP contribution < -0.4 is 5.32 Å². The van der Waals surface area contributed by atoms with Crippen LogP contribution in [0.4, 0.5) is 0 Å². The van der Waals surface area contributed by atoms with Crippen molar-refractivity contribution in [1.82, 2.24) is 29.9 Å². The van der Waals surface area contributed by atoms with Gasteiger partial charge in [0.05, 0.1) is 30.9 Å². The number of rotatable bonds is 8. The van der Waals surface area contributed by atoms with E-state index in [9.17, 15) is 19.2 Å². The first-order chi connectivity index (χ1) is 23.3. The molecule has 3 aromatic rings. The standard InChI is InChI=1S/C35H43ClN6O6/c1-2-35-27(33(45)40-11-13-41(14-12-40)34(46)29-4-3-17-48-29)20-23(21-30(43)37-8-10-39-15-18-47-19-16-39)32(44)42(35)9-7-25-26-22-24(36)5-6-28(26)38-31(25)35/h3-6,17,22-23,27,38H,2,7-16,18-21H2,1H3,(H,37,43)/t23-,27-,35+/m1/s1. The number of carbonyl (C=O) groups is 4. The number of ether oxygens (including phenoxy) is 1. The summed E-state index contributed by atoms with van der Waals surface area (Å²) in [6.07, 6.45) is 2.92. The number of fused-ring (bicyclic) bond motifs is 5. The summed E-state index contributed by atoms with van der Waals surface area (Å²) < 4.78 is 10.7. The van der Waals surface area contributed by atoms with Gasteiger partial charge in [-0.2, -0.15) is 0 Å². The van der Waals surface area contributed by atoms with Gasteiger partial charge in [-0.05, 0) is 55.2 Å². The number of hydrogen-bond donors (Lipinski definition) is 2. The van der Waals surface area contributed by atoms with E-state index in [1.807, 2.05) is 34.9 Å². The molecule has 0 radical (unpaired) electrons. The van der Waals surface area contributed by atoms with Crippen LogP contribution in [0.15, 0.2) is 41.0 Å². The smallest absolute Gasteiger partial charge is 0.289 e. The van der Waals surface area contributed by atoms with Crippen LogP contribution in [-0.2, 0) is 31.1 Å². The Morgan fingerprint density at radius 2 is 1.81 bits per heavy atom. The van der Waals surface area contributed by atoms with Gasteiger partial charge in [-0.25, -0.2) is 0 Å². The van der Waals surface area contributed by atoms with Crippen LogP contribution in [0.2, 0.25) is 5.02 Å². The highest BCUT2D eigenvalue weighted by Gasteiger charge is 2.59. The van der Waals surface area contributed by atoms with Gasteiger partial charge in [0.25, 0.3) is 5.91 Å². The fourth-order valence-corrected chi connectivity index (χ4v) is 8.52. The average Bonchev–Trinajstić information content (AvgIpc) is 3.78. The summed E-state index contributed by atoms with van der Waals surface area (Å²) in [4.78, 5) is 66.6. The lowest BCUT2D eigenvalue weighted by Gasteiger charge is -2.56. The molecule has 3 saturated heterocycles. The second-order valence-corrected chi connectivity index (χ2v) is 13.7. The summed E-state index contributed by atoms with van der Waals surface area (Å²) in [7, 11) is 0. The van der Waals surface area contributed by atoms with Gasteiger partial charge in [-0.3, -0.25) is 24.1 Å². The van der Waals surface area contributed by atoms with Crippen LogP contribution in [0.5, 0.6) is 0 Å². The van der Waals surface area contributed by atoms with E-state index in [2.05, 4.69) is 15.2 Å². The van der Waals surface area contributed by atoms with E-state index in [-0.39, 0.29) is 42.2 Å². The number of hydrogen-bond acceptors (Lipinski definition) is 7. The molecule has 4 aliphatic heterocycles. The highest BCUT2D eigenvalue weighted by molar-refractivity contribution is 6.31. The number of halogens is 1. The Kier molecular flexibility index (Phi) is 9.23. The number of carbonyl (C=O) groups excluding carboxylic acids is 4. The summed E-state index contributed by atoms with van der Waals surface area (Å²) in [5.41, 5.74) is 1.99. The van der Waals surface area contributed by atoms with Gasteiger partial charge in [0.15, 0.2) is 5.76 Å². The van der Waals surface area contributed by atoms with Gasteiger partial charge in [0.2, 0.25) is 17.7 Å². The van der Waals surface area contributed by atoms with Crippen molar-refractivity contribution in [2.24, 2.45) is 11.8 Å². The topological polar surface area (TPSA) is 131 Å². The van der Waals surface area contributed by atoms with E-state index in [1.54, 1.807) is 17.0 Å². The van der Waals surface area contributed by atoms with E-state index >= 15 is 0 Å². The zero-order valence-corrected chi connectivity index (χ0v) is 28.1. The molecule has 12 nitrogen and oxygen atoms in total. The molecular formula is C35H43ClN6O6. The van der Waals surface area contributed by atoms with Gasteiger partial charge in [0.1, 0.15) is 0 Å². The number of amides is 4. The zero-order chi connectivity index (χ0) is 33.4. The zero-order valence-electron chi connectivity index (χ0n) is 27.3. The summed E-state index contributed by atoms with van der Waals surface area (Å²) in [5, 5.41) is 4.66. The first-order valence-corrected chi connectivity index (χ1v) is 17.5. The summed E-state index contributed by atoms with van der Waals surface area (Å²) in [6, 6.07) is 9.07. The fourth-order valence-electron chi connectivity index (χ4n) is 8.35. The highest BCUT2D eigenvalue weighted by Crippen LogP contribution is 2.52. The minimum absolute atomic E-state index is 0.0304. The van der Waals surface area contributed by atoms with Gasteiger partial charge >= 0.3 is 0 Å². The van der Waals surface area contributed by atoms with Crippen LogP contribution in [0, 0.1) is 11.8 Å². The maximum Gasteiger partial charge on any atom is 0.289 e. The van der Waals surface area contributed by atoms with E-state index < -0.39 is 17.4 Å². The molecule has 2 N–H and O–H groups in total. The molecule has 3 fully saturated rings. The molecule has 6 heterocycles. The molecular weight excluding hydrogens is 636 g/mol. The number of morpholine rings is 1. The van der Waals surface area contributed by atoms with Crippen LogP contribution >= 0.6 is 11.6 Å². The first kappa shape index (κ1) is 32.7. The molecule has 256 valence electrons. The Hall–Kier alpha value is -3.87. The van der Waals surface area contributed by atoms with Crippen molar-refractivity contribution < 1.29 is 28.3 Å². The second-order valence-electron chi connectivity index (χ2n) is 13.3. The average molecular weight is 679 g/mol. The molecule has 48 heavy (non-hydrogen) atoms. The normalized spacial score (nSPS) is 24.8. The number of aromatic amines is 1. The first-order valence-electron chi connectivity index (χ1n) is 17.1. The number of nitrogens with zero attached hydrogens (tertiary/aromatic N) is 4. The molecule has 13 heteroatoms. The van der Waals surface area contributed by atoms with Crippen molar-refractivity contribution in [3.8, 4) is 0 Å². The van der Waals surface area contributed by atoms with Gasteiger partial charge in [-0.15, -0.1) is 0 Å². The number of aromatic nitrogens is 1.